The van der Waals surface area contributed by atoms with Crippen LogP contribution in [0.3, 0.4) is 0 Å². The smallest absolute Gasteiger partial charge is 0.0368 e. The summed E-state index contributed by atoms with van der Waals surface area (Å²) in [4.78, 5) is 2.45. The van der Waals surface area contributed by atoms with E-state index in [0.29, 0.717) is 0 Å². The number of hydrogen-bond donors (Lipinski definition) is 1. The number of hydrogen-bond acceptors (Lipinski definition) is 2. The van der Waals surface area contributed by atoms with Crippen LogP contribution < -0.4 is 10.2 Å². The second-order valence-electron chi connectivity index (χ2n) is 5.55. The van der Waals surface area contributed by atoms with Gasteiger partial charge in [-0.2, -0.15) is 0 Å². The number of anilines is 1. The van der Waals surface area contributed by atoms with Crippen molar-refractivity contribution >= 4 is 5.69 Å². The second-order valence-corrected chi connectivity index (χ2v) is 5.55. The van der Waals surface area contributed by atoms with Crippen molar-refractivity contribution < 1.29 is 0 Å². The van der Waals surface area contributed by atoms with Gasteiger partial charge in [0, 0.05) is 25.3 Å². The SMILES string of the molecule is CCN(CC(C)(C)CNC)c1cccc(C)c1. The van der Waals surface area contributed by atoms with Gasteiger partial charge in [-0.1, -0.05) is 26.0 Å². The second kappa shape index (κ2) is 6.06. The highest BCUT2D eigenvalue weighted by Gasteiger charge is 2.20. The molecule has 0 radical (unpaired) electrons. The van der Waals surface area contributed by atoms with E-state index < -0.39 is 0 Å². The highest BCUT2D eigenvalue weighted by molar-refractivity contribution is 5.48. The van der Waals surface area contributed by atoms with Crippen molar-refractivity contribution in [3.8, 4) is 0 Å². The molecule has 0 aliphatic heterocycles. The Balaban J connectivity index is 2.78. The van der Waals surface area contributed by atoms with Gasteiger partial charge in [0.25, 0.3) is 0 Å². The lowest BCUT2D eigenvalue weighted by Crippen LogP contribution is -2.39. The molecule has 2 nitrogen and oxygen atoms in total. The van der Waals surface area contributed by atoms with Crippen LogP contribution in [0, 0.1) is 12.3 Å². The predicted octanol–water partition coefficient (Wildman–Crippen LogP) is 3.07. The molecule has 0 aromatic heterocycles. The molecular weight excluding hydrogens is 208 g/mol. The lowest BCUT2D eigenvalue weighted by atomic mass is 9.92. The molecule has 0 unspecified atom stereocenters. The fraction of sp³-hybridized carbons (Fsp3) is 0.600. The normalized spacial score (nSPS) is 11.6. The molecule has 0 heterocycles. The Hall–Kier alpha value is -1.02. The molecule has 1 N–H and O–H groups in total. The van der Waals surface area contributed by atoms with Gasteiger partial charge >= 0.3 is 0 Å². The summed E-state index contributed by atoms with van der Waals surface area (Å²) in [6, 6.07) is 8.75. The zero-order valence-corrected chi connectivity index (χ0v) is 11.9. The van der Waals surface area contributed by atoms with Gasteiger partial charge in [0.2, 0.25) is 0 Å². The van der Waals surface area contributed by atoms with Crippen LogP contribution in [0.5, 0.6) is 0 Å². The zero-order chi connectivity index (χ0) is 12.9. The molecule has 17 heavy (non-hydrogen) atoms. The summed E-state index contributed by atoms with van der Waals surface area (Å²) in [7, 11) is 2.02. The molecule has 0 spiro atoms. The lowest BCUT2D eigenvalue weighted by Gasteiger charge is -2.33. The van der Waals surface area contributed by atoms with E-state index in [1.165, 1.54) is 11.3 Å². The number of aryl methyl sites for hydroxylation is 1. The molecule has 0 bridgehead atoms. The van der Waals surface area contributed by atoms with E-state index in [-0.39, 0.29) is 5.41 Å². The standard InChI is InChI=1S/C15H26N2/c1-6-17(12-15(3,4)11-16-5)14-9-7-8-13(2)10-14/h7-10,16H,6,11-12H2,1-5H3. The summed E-state index contributed by atoms with van der Waals surface area (Å²) < 4.78 is 0. The summed E-state index contributed by atoms with van der Waals surface area (Å²) in [5, 5.41) is 3.27. The maximum absolute atomic E-state index is 3.27. The first-order chi connectivity index (χ1) is 7.98. The topological polar surface area (TPSA) is 15.3 Å². The van der Waals surface area contributed by atoms with Crippen LogP contribution in [0.1, 0.15) is 26.3 Å². The van der Waals surface area contributed by atoms with Crippen LogP contribution in [-0.4, -0.2) is 26.7 Å². The number of rotatable bonds is 6. The van der Waals surface area contributed by atoms with Crippen LogP contribution in [0.25, 0.3) is 0 Å². The number of nitrogens with zero attached hydrogens (tertiary/aromatic N) is 1. The van der Waals surface area contributed by atoms with Crippen molar-refractivity contribution in [2.75, 3.05) is 31.6 Å². The first-order valence-electron chi connectivity index (χ1n) is 6.45. The molecule has 0 saturated heterocycles. The Morgan fingerprint density at radius 3 is 2.53 bits per heavy atom. The molecule has 0 saturated carbocycles. The Morgan fingerprint density at radius 1 is 1.29 bits per heavy atom. The van der Waals surface area contributed by atoms with Crippen LogP contribution in [0.4, 0.5) is 5.69 Å². The van der Waals surface area contributed by atoms with Crippen molar-refractivity contribution in [2.24, 2.45) is 5.41 Å². The minimum absolute atomic E-state index is 0.286. The molecule has 2 heteroatoms. The zero-order valence-electron chi connectivity index (χ0n) is 11.9. The van der Waals surface area contributed by atoms with E-state index in [1.54, 1.807) is 0 Å². The summed E-state index contributed by atoms with van der Waals surface area (Å²) >= 11 is 0. The highest BCUT2D eigenvalue weighted by Crippen LogP contribution is 2.22. The maximum atomic E-state index is 3.27. The quantitative estimate of drug-likeness (QED) is 0.814. The van der Waals surface area contributed by atoms with E-state index in [9.17, 15) is 0 Å². The highest BCUT2D eigenvalue weighted by atomic mass is 15.1. The average Bonchev–Trinajstić information content (AvgIpc) is 2.26. The van der Waals surface area contributed by atoms with Gasteiger partial charge in [0.05, 0.1) is 0 Å². The van der Waals surface area contributed by atoms with Gasteiger partial charge in [-0.15, -0.1) is 0 Å². The Bertz CT molecular complexity index is 345. The van der Waals surface area contributed by atoms with Crippen LogP contribution in [0.2, 0.25) is 0 Å². The van der Waals surface area contributed by atoms with Gasteiger partial charge in [0.1, 0.15) is 0 Å². The van der Waals surface area contributed by atoms with Crippen molar-refractivity contribution in [3.63, 3.8) is 0 Å². The molecule has 0 atom stereocenters. The summed E-state index contributed by atoms with van der Waals surface area (Å²) in [5.41, 5.74) is 2.94. The fourth-order valence-corrected chi connectivity index (χ4v) is 2.26. The fourth-order valence-electron chi connectivity index (χ4n) is 2.26. The molecule has 0 aliphatic carbocycles. The van der Waals surface area contributed by atoms with Crippen molar-refractivity contribution in [1.82, 2.24) is 5.32 Å². The van der Waals surface area contributed by atoms with E-state index in [1.807, 2.05) is 7.05 Å². The first kappa shape index (κ1) is 14.0. The monoisotopic (exact) mass is 234 g/mol. The molecular formula is C15H26N2. The molecule has 0 amide bonds. The third-order valence-electron chi connectivity index (χ3n) is 3.02. The van der Waals surface area contributed by atoms with Crippen molar-refractivity contribution in [1.29, 1.82) is 0 Å². The lowest BCUT2D eigenvalue weighted by molar-refractivity contribution is 0.354. The van der Waals surface area contributed by atoms with Gasteiger partial charge < -0.3 is 10.2 Å². The van der Waals surface area contributed by atoms with Crippen molar-refractivity contribution in [3.05, 3.63) is 29.8 Å². The average molecular weight is 234 g/mol. The largest absolute Gasteiger partial charge is 0.371 e. The summed E-state index contributed by atoms with van der Waals surface area (Å²) in [6.07, 6.45) is 0. The van der Waals surface area contributed by atoms with Crippen LogP contribution in [0.15, 0.2) is 24.3 Å². The molecule has 0 fully saturated rings. The Kier molecular flexibility index (Phi) is 5.01. The van der Waals surface area contributed by atoms with E-state index in [0.717, 1.165) is 19.6 Å². The van der Waals surface area contributed by atoms with Crippen molar-refractivity contribution in [2.45, 2.75) is 27.7 Å². The number of nitrogens with one attached hydrogen (secondary N) is 1. The molecule has 1 aromatic rings. The third-order valence-corrected chi connectivity index (χ3v) is 3.02. The van der Waals surface area contributed by atoms with E-state index in [4.69, 9.17) is 0 Å². The summed E-state index contributed by atoms with van der Waals surface area (Å²) in [6.45, 7) is 12.2. The first-order valence-corrected chi connectivity index (χ1v) is 6.45. The Labute approximate surface area is 106 Å². The minimum Gasteiger partial charge on any atom is -0.371 e. The minimum atomic E-state index is 0.286. The van der Waals surface area contributed by atoms with Gasteiger partial charge in [-0.25, -0.2) is 0 Å². The Morgan fingerprint density at radius 2 is 2.00 bits per heavy atom. The number of benzene rings is 1. The van der Waals surface area contributed by atoms with E-state index >= 15 is 0 Å². The van der Waals surface area contributed by atoms with Crippen LogP contribution >= 0.6 is 0 Å². The predicted molar refractivity (Wildman–Crippen MR) is 76.8 cm³/mol. The maximum Gasteiger partial charge on any atom is 0.0368 e. The molecule has 1 rings (SSSR count). The third kappa shape index (κ3) is 4.39. The van der Waals surface area contributed by atoms with Crippen LogP contribution in [-0.2, 0) is 0 Å². The molecule has 0 aliphatic rings. The van der Waals surface area contributed by atoms with Gasteiger partial charge in [-0.05, 0) is 44.0 Å². The summed E-state index contributed by atoms with van der Waals surface area (Å²) in [5.74, 6) is 0. The van der Waals surface area contributed by atoms with E-state index in [2.05, 4.69) is 62.2 Å². The molecule has 1 aromatic carbocycles. The van der Waals surface area contributed by atoms with Gasteiger partial charge in [0.15, 0.2) is 0 Å². The van der Waals surface area contributed by atoms with Gasteiger partial charge in [-0.3, -0.25) is 0 Å². The molecule has 96 valence electrons.